The molecule has 0 aliphatic rings. The first-order valence-corrected chi connectivity index (χ1v) is 10.7. The largest absolute Gasteiger partial charge is 0.306 e. The van der Waals surface area contributed by atoms with E-state index in [0.717, 1.165) is 10.4 Å². The van der Waals surface area contributed by atoms with Crippen LogP contribution in [0.3, 0.4) is 0 Å². The SMILES string of the molecule is O=C(Nc1cc(-c2cccs2)nn1-c1nc(-c2ccccc2)cc(=O)[nH]1)c1ccccc1. The summed E-state index contributed by atoms with van der Waals surface area (Å²) in [7, 11) is 0. The van der Waals surface area contributed by atoms with Crippen LogP contribution in [0.2, 0.25) is 0 Å². The van der Waals surface area contributed by atoms with Gasteiger partial charge in [0.2, 0.25) is 5.95 Å². The van der Waals surface area contributed by atoms with Crippen LogP contribution < -0.4 is 10.9 Å². The predicted octanol–water partition coefficient (Wildman–Crippen LogP) is 4.60. The van der Waals surface area contributed by atoms with Gasteiger partial charge in [-0.15, -0.1) is 11.3 Å². The van der Waals surface area contributed by atoms with Crippen molar-refractivity contribution in [1.29, 1.82) is 0 Å². The smallest absolute Gasteiger partial charge is 0.256 e. The maximum Gasteiger partial charge on any atom is 0.256 e. The summed E-state index contributed by atoms with van der Waals surface area (Å²) in [5, 5.41) is 9.47. The fraction of sp³-hybridized carbons (Fsp3) is 0. The van der Waals surface area contributed by atoms with Crippen LogP contribution in [0.15, 0.2) is 95.1 Å². The first-order valence-electron chi connectivity index (χ1n) is 9.85. The molecule has 7 nitrogen and oxygen atoms in total. The van der Waals surface area contributed by atoms with Gasteiger partial charge < -0.3 is 5.32 Å². The van der Waals surface area contributed by atoms with E-state index < -0.39 is 0 Å². The van der Waals surface area contributed by atoms with Crippen molar-refractivity contribution >= 4 is 23.1 Å². The molecular formula is C24H17N5O2S. The lowest BCUT2D eigenvalue weighted by molar-refractivity contribution is 0.102. The Morgan fingerprint density at radius 1 is 0.906 bits per heavy atom. The standard InChI is InChI=1S/C24H17N5O2S/c30-22-15-18(16-8-3-1-4-9-16)25-24(27-22)29-21(14-19(28-29)20-12-7-13-32-20)26-23(31)17-10-5-2-6-11-17/h1-15H,(H,26,31)(H,25,27,30). The fourth-order valence-corrected chi connectivity index (χ4v) is 3.94. The van der Waals surface area contributed by atoms with Gasteiger partial charge in [0.25, 0.3) is 11.5 Å². The van der Waals surface area contributed by atoms with Crippen molar-refractivity contribution in [3.63, 3.8) is 0 Å². The van der Waals surface area contributed by atoms with E-state index in [1.54, 1.807) is 30.3 Å². The number of anilines is 1. The van der Waals surface area contributed by atoms with Gasteiger partial charge in [0.15, 0.2) is 0 Å². The predicted molar refractivity (Wildman–Crippen MR) is 125 cm³/mol. The molecule has 156 valence electrons. The van der Waals surface area contributed by atoms with Gasteiger partial charge in [0.1, 0.15) is 11.5 Å². The van der Waals surface area contributed by atoms with Crippen LogP contribution >= 0.6 is 11.3 Å². The van der Waals surface area contributed by atoms with Gasteiger partial charge in [-0.2, -0.15) is 9.78 Å². The third-order valence-corrected chi connectivity index (χ3v) is 5.65. The molecule has 0 spiro atoms. The molecule has 2 aromatic carbocycles. The molecule has 0 bridgehead atoms. The number of thiophene rings is 1. The van der Waals surface area contributed by atoms with E-state index in [0.29, 0.717) is 22.8 Å². The van der Waals surface area contributed by atoms with Gasteiger partial charge in [-0.1, -0.05) is 54.6 Å². The average Bonchev–Trinajstić information content (AvgIpc) is 3.50. The van der Waals surface area contributed by atoms with Gasteiger partial charge >= 0.3 is 0 Å². The molecule has 0 aliphatic heterocycles. The van der Waals surface area contributed by atoms with Crippen molar-refractivity contribution in [3.8, 4) is 27.8 Å². The minimum Gasteiger partial charge on any atom is -0.306 e. The minimum absolute atomic E-state index is 0.211. The second kappa shape index (κ2) is 8.44. The lowest BCUT2D eigenvalue weighted by Gasteiger charge is -2.09. The lowest BCUT2D eigenvalue weighted by Crippen LogP contribution is -2.18. The summed E-state index contributed by atoms with van der Waals surface area (Å²) in [6.07, 6.45) is 0. The fourth-order valence-electron chi connectivity index (χ4n) is 3.26. The van der Waals surface area contributed by atoms with Crippen molar-refractivity contribution in [3.05, 3.63) is 106 Å². The van der Waals surface area contributed by atoms with Crippen LogP contribution in [-0.4, -0.2) is 25.7 Å². The van der Waals surface area contributed by atoms with Crippen LogP contribution in [0.25, 0.3) is 27.8 Å². The van der Waals surface area contributed by atoms with E-state index >= 15 is 0 Å². The molecule has 8 heteroatoms. The zero-order valence-corrected chi connectivity index (χ0v) is 17.5. The third kappa shape index (κ3) is 3.99. The number of benzene rings is 2. The van der Waals surface area contributed by atoms with Gasteiger partial charge in [-0.3, -0.25) is 14.6 Å². The Hall–Kier alpha value is -4.30. The molecule has 0 radical (unpaired) electrons. The Kier molecular flexibility index (Phi) is 5.19. The highest BCUT2D eigenvalue weighted by Gasteiger charge is 2.17. The highest BCUT2D eigenvalue weighted by Crippen LogP contribution is 2.28. The molecule has 5 aromatic rings. The Balaban J connectivity index is 1.61. The zero-order chi connectivity index (χ0) is 21.9. The number of aromatic nitrogens is 4. The summed E-state index contributed by atoms with van der Waals surface area (Å²) >= 11 is 1.53. The number of H-pyrrole nitrogens is 1. The highest BCUT2D eigenvalue weighted by atomic mass is 32.1. The minimum atomic E-state index is -0.317. The summed E-state index contributed by atoms with van der Waals surface area (Å²) in [6, 6.07) is 25.4. The first-order chi connectivity index (χ1) is 15.7. The molecule has 32 heavy (non-hydrogen) atoms. The van der Waals surface area contributed by atoms with E-state index in [1.807, 2.05) is 53.9 Å². The molecule has 3 heterocycles. The van der Waals surface area contributed by atoms with Crippen molar-refractivity contribution in [2.24, 2.45) is 0 Å². The van der Waals surface area contributed by atoms with Crippen LogP contribution in [0.4, 0.5) is 5.82 Å². The van der Waals surface area contributed by atoms with E-state index in [4.69, 9.17) is 0 Å². The van der Waals surface area contributed by atoms with Gasteiger partial charge in [0, 0.05) is 23.3 Å². The van der Waals surface area contributed by atoms with Crippen LogP contribution in [0, 0.1) is 0 Å². The van der Waals surface area contributed by atoms with Crippen LogP contribution in [0.5, 0.6) is 0 Å². The maximum absolute atomic E-state index is 12.8. The van der Waals surface area contributed by atoms with Crippen molar-refractivity contribution in [1.82, 2.24) is 19.7 Å². The van der Waals surface area contributed by atoms with E-state index in [-0.39, 0.29) is 17.4 Å². The Bertz CT molecular complexity index is 1420. The number of carbonyl (C=O) groups is 1. The summed E-state index contributed by atoms with van der Waals surface area (Å²) in [5.74, 6) is 0.323. The highest BCUT2D eigenvalue weighted by molar-refractivity contribution is 7.13. The van der Waals surface area contributed by atoms with Gasteiger partial charge in [-0.05, 0) is 23.6 Å². The van der Waals surface area contributed by atoms with Crippen LogP contribution in [-0.2, 0) is 0 Å². The maximum atomic E-state index is 12.8. The van der Waals surface area contributed by atoms with Crippen molar-refractivity contribution in [2.45, 2.75) is 0 Å². The number of rotatable bonds is 5. The molecule has 0 unspecified atom stereocenters. The van der Waals surface area contributed by atoms with Gasteiger partial charge in [0.05, 0.1) is 10.6 Å². The normalized spacial score (nSPS) is 10.8. The average molecular weight is 440 g/mol. The summed E-state index contributed by atoms with van der Waals surface area (Å²) in [6.45, 7) is 0. The molecular weight excluding hydrogens is 422 g/mol. The molecule has 5 rings (SSSR count). The van der Waals surface area contributed by atoms with E-state index in [9.17, 15) is 9.59 Å². The number of hydrogen-bond donors (Lipinski definition) is 2. The molecule has 0 saturated heterocycles. The topological polar surface area (TPSA) is 92.7 Å². The van der Waals surface area contributed by atoms with Crippen LogP contribution in [0.1, 0.15) is 10.4 Å². The molecule has 0 atom stereocenters. The number of hydrogen-bond acceptors (Lipinski definition) is 5. The third-order valence-electron chi connectivity index (χ3n) is 4.76. The second-order valence-corrected chi connectivity index (χ2v) is 7.89. The summed E-state index contributed by atoms with van der Waals surface area (Å²) in [4.78, 5) is 33.5. The molecule has 0 saturated carbocycles. The quantitative estimate of drug-likeness (QED) is 0.418. The first kappa shape index (κ1) is 19.7. The molecule has 0 fully saturated rings. The van der Waals surface area contributed by atoms with Crippen molar-refractivity contribution in [2.75, 3.05) is 5.32 Å². The Labute approximate surface area is 187 Å². The number of nitrogens with one attached hydrogen (secondary N) is 2. The molecule has 1 amide bonds. The molecule has 0 aliphatic carbocycles. The molecule has 2 N–H and O–H groups in total. The lowest BCUT2D eigenvalue weighted by atomic mass is 10.1. The number of aromatic amines is 1. The number of nitrogens with zero attached hydrogens (tertiary/aromatic N) is 3. The number of amides is 1. The van der Waals surface area contributed by atoms with Crippen molar-refractivity contribution < 1.29 is 4.79 Å². The molecule has 3 aromatic heterocycles. The number of carbonyl (C=O) groups excluding carboxylic acids is 1. The zero-order valence-electron chi connectivity index (χ0n) is 16.7. The summed E-state index contributed by atoms with van der Waals surface area (Å²) in [5.41, 5.74) is 2.18. The van der Waals surface area contributed by atoms with Gasteiger partial charge in [-0.25, -0.2) is 4.98 Å². The Morgan fingerprint density at radius 2 is 1.66 bits per heavy atom. The Morgan fingerprint density at radius 3 is 2.38 bits per heavy atom. The van der Waals surface area contributed by atoms with E-state index in [1.165, 1.54) is 22.1 Å². The monoisotopic (exact) mass is 439 g/mol. The second-order valence-electron chi connectivity index (χ2n) is 6.94. The van der Waals surface area contributed by atoms with E-state index in [2.05, 4.69) is 20.4 Å². The summed E-state index contributed by atoms with van der Waals surface area (Å²) < 4.78 is 1.45.